The van der Waals surface area contributed by atoms with E-state index in [0.717, 1.165) is 16.8 Å². The van der Waals surface area contributed by atoms with Gasteiger partial charge in [-0.15, -0.1) is 0 Å². The molecule has 20 heavy (non-hydrogen) atoms. The van der Waals surface area contributed by atoms with Gasteiger partial charge < -0.3 is 0 Å². The lowest BCUT2D eigenvalue weighted by Gasteiger charge is -2.26. The van der Waals surface area contributed by atoms with Crippen molar-refractivity contribution in [1.29, 1.82) is 0 Å². The summed E-state index contributed by atoms with van der Waals surface area (Å²) in [6.45, 7) is 2.83. The summed E-state index contributed by atoms with van der Waals surface area (Å²) in [4.78, 5) is 0.331. The topological polar surface area (TPSA) is 46.2 Å². The average Bonchev–Trinajstić information content (AvgIpc) is 2.39. The Labute approximate surface area is 130 Å². The highest BCUT2D eigenvalue weighted by Gasteiger charge is 2.20. The molecule has 0 aliphatic heterocycles. The number of halogens is 1. The fourth-order valence-corrected chi connectivity index (χ4v) is 4.23. The van der Waals surface area contributed by atoms with E-state index < -0.39 is 10.0 Å². The molecule has 112 valence electrons. The van der Waals surface area contributed by atoms with E-state index in [9.17, 15) is 8.42 Å². The molecule has 0 saturated heterocycles. The van der Waals surface area contributed by atoms with E-state index in [2.05, 4.69) is 27.6 Å². The predicted molar refractivity (Wildman–Crippen MR) is 85.1 cm³/mol. The zero-order chi connectivity index (χ0) is 14.6. The van der Waals surface area contributed by atoms with Crippen molar-refractivity contribution in [1.82, 2.24) is 4.72 Å². The molecule has 0 spiro atoms. The molecule has 2 rings (SSSR count). The van der Waals surface area contributed by atoms with Gasteiger partial charge in [-0.3, -0.25) is 0 Å². The Morgan fingerprint density at radius 3 is 2.60 bits per heavy atom. The van der Waals surface area contributed by atoms with Gasteiger partial charge in [-0.2, -0.15) is 0 Å². The third kappa shape index (κ3) is 4.57. The average molecular weight is 360 g/mol. The monoisotopic (exact) mass is 359 g/mol. The number of nitrogens with one attached hydrogen (secondary N) is 1. The van der Waals surface area contributed by atoms with Gasteiger partial charge in [0.15, 0.2) is 0 Å². The van der Waals surface area contributed by atoms with E-state index >= 15 is 0 Å². The van der Waals surface area contributed by atoms with Gasteiger partial charge in [-0.1, -0.05) is 42.1 Å². The molecule has 0 radical (unpaired) electrons. The molecule has 1 fully saturated rings. The summed E-state index contributed by atoms with van der Waals surface area (Å²) in [5, 5.41) is 0. The van der Waals surface area contributed by atoms with Crippen LogP contribution in [0.15, 0.2) is 33.6 Å². The first kappa shape index (κ1) is 16.0. The number of hydrogen-bond donors (Lipinski definition) is 1. The van der Waals surface area contributed by atoms with Crippen molar-refractivity contribution < 1.29 is 8.42 Å². The molecule has 2 atom stereocenters. The minimum Gasteiger partial charge on any atom is -0.211 e. The molecule has 0 bridgehead atoms. The van der Waals surface area contributed by atoms with Gasteiger partial charge in [-0.05, 0) is 48.9 Å². The molecule has 1 N–H and O–H groups in total. The van der Waals surface area contributed by atoms with Crippen molar-refractivity contribution in [3.05, 3.63) is 28.7 Å². The smallest absolute Gasteiger partial charge is 0.211 e. The zero-order valence-corrected chi connectivity index (χ0v) is 14.2. The lowest BCUT2D eigenvalue weighted by molar-refractivity contribution is 0.271. The first-order chi connectivity index (χ1) is 9.47. The predicted octanol–water partition coefficient (Wildman–Crippen LogP) is 3.94. The van der Waals surface area contributed by atoms with Crippen molar-refractivity contribution in [3.8, 4) is 0 Å². The molecule has 0 heterocycles. The molecule has 0 amide bonds. The zero-order valence-electron chi connectivity index (χ0n) is 11.8. The van der Waals surface area contributed by atoms with Crippen LogP contribution < -0.4 is 4.72 Å². The summed E-state index contributed by atoms with van der Waals surface area (Å²) in [7, 11) is -3.36. The quantitative estimate of drug-likeness (QED) is 0.864. The van der Waals surface area contributed by atoms with Crippen molar-refractivity contribution in [2.75, 3.05) is 6.54 Å². The fourth-order valence-electron chi connectivity index (χ4n) is 2.92. The summed E-state index contributed by atoms with van der Waals surface area (Å²) in [5.74, 6) is 1.46. The summed E-state index contributed by atoms with van der Waals surface area (Å²) < 4.78 is 27.8. The third-order valence-electron chi connectivity index (χ3n) is 4.01. The van der Waals surface area contributed by atoms with Crippen molar-refractivity contribution in [2.45, 2.75) is 43.9 Å². The molecule has 5 heteroatoms. The molecule has 3 nitrogen and oxygen atoms in total. The summed E-state index contributed by atoms with van der Waals surface area (Å²) >= 11 is 3.31. The summed E-state index contributed by atoms with van der Waals surface area (Å²) in [5.41, 5.74) is 0. The maximum atomic E-state index is 12.1. The van der Waals surface area contributed by atoms with E-state index in [4.69, 9.17) is 0 Å². The van der Waals surface area contributed by atoms with Crippen LogP contribution in [-0.4, -0.2) is 15.0 Å². The highest BCUT2D eigenvalue weighted by Crippen LogP contribution is 2.30. The van der Waals surface area contributed by atoms with Gasteiger partial charge in [0.2, 0.25) is 10.0 Å². The van der Waals surface area contributed by atoms with Gasteiger partial charge in [0.05, 0.1) is 4.90 Å². The second-order valence-corrected chi connectivity index (χ2v) is 8.46. The molecule has 0 aromatic heterocycles. The lowest BCUT2D eigenvalue weighted by Crippen LogP contribution is -2.27. The fraction of sp³-hybridized carbons (Fsp3) is 0.600. The lowest BCUT2D eigenvalue weighted by atomic mass is 9.81. The van der Waals surface area contributed by atoms with Gasteiger partial charge in [0.1, 0.15) is 0 Å². The van der Waals surface area contributed by atoms with E-state index in [-0.39, 0.29) is 0 Å². The molecule has 1 aliphatic rings. The number of benzene rings is 1. The van der Waals surface area contributed by atoms with Crippen LogP contribution in [0.5, 0.6) is 0 Å². The summed E-state index contributed by atoms with van der Waals surface area (Å²) in [6, 6.07) is 6.74. The second-order valence-electron chi connectivity index (χ2n) is 5.78. The van der Waals surface area contributed by atoms with Gasteiger partial charge >= 0.3 is 0 Å². The Bertz CT molecular complexity index is 527. The molecule has 1 aromatic rings. The number of rotatable bonds is 5. The minimum atomic E-state index is -3.36. The van der Waals surface area contributed by atoms with Crippen molar-refractivity contribution in [3.63, 3.8) is 0 Å². The number of hydrogen-bond acceptors (Lipinski definition) is 2. The van der Waals surface area contributed by atoms with Crippen molar-refractivity contribution >= 4 is 26.0 Å². The van der Waals surface area contributed by atoms with Gasteiger partial charge in [0, 0.05) is 11.0 Å². The van der Waals surface area contributed by atoms with Crippen LogP contribution in [-0.2, 0) is 10.0 Å². The van der Waals surface area contributed by atoms with Crippen LogP contribution >= 0.6 is 15.9 Å². The Kier molecular flexibility index (Phi) is 5.64. The van der Waals surface area contributed by atoms with Gasteiger partial charge in [0.25, 0.3) is 0 Å². The molecular formula is C15H22BrNO2S. The molecule has 1 saturated carbocycles. The van der Waals surface area contributed by atoms with Crippen LogP contribution in [0.25, 0.3) is 0 Å². The normalized spacial score (nSPS) is 23.7. The van der Waals surface area contributed by atoms with Crippen LogP contribution in [0.2, 0.25) is 0 Å². The summed E-state index contributed by atoms with van der Waals surface area (Å²) in [6.07, 6.45) is 6.02. The van der Waals surface area contributed by atoms with Gasteiger partial charge in [-0.25, -0.2) is 13.1 Å². The van der Waals surface area contributed by atoms with Crippen LogP contribution in [0, 0.1) is 11.8 Å². The SMILES string of the molecule is CC1CCCC(CCNS(=O)(=O)c2ccc(Br)cc2)C1. The van der Waals surface area contributed by atoms with E-state index in [0.29, 0.717) is 17.4 Å². The number of sulfonamides is 1. The third-order valence-corrected chi connectivity index (χ3v) is 6.02. The van der Waals surface area contributed by atoms with Crippen LogP contribution in [0.1, 0.15) is 39.0 Å². The van der Waals surface area contributed by atoms with E-state index in [1.165, 1.54) is 25.7 Å². The highest BCUT2D eigenvalue weighted by molar-refractivity contribution is 9.10. The highest BCUT2D eigenvalue weighted by atomic mass is 79.9. The Balaban J connectivity index is 1.85. The molecular weight excluding hydrogens is 338 g/mol. The van der Waals surface area contributed by atoms with Crippen LogP contribution in [0.4, 0.5) is 0 Å². The van der Waals surface area contributed by atoms with Crippen molar-refractivity contribution in [2.24, 2.45) is 11.8 Å². The first-order valence-electron chi connectivity index (χ1n) is 7.22. The standard InChI is InChI=1S/C15H22BrNO2S/c1-12-3-2-4-13(11-12)9-10-17-20(18,19)15-7-5-14(16)6-8-15/h5-8,12-13,17H,2-4,9-11H2,1H3. The van der Waals surface area contributed by atoms with Crippen LogP contribution in [0.3, 0.4) is 0 Å². The maximum absolute atomic E-state index is 12.1. The first-order valence-corrected chi connectivity index (χ1v) is 9.50. The Hall–Kier alpha value is -0.390. The minimum absolute atomic E-state index is 0.331. The molecule has 1 aliphatic carbocycles. The second kappa shape index (κ2) is 7.05. The maximum Gasteiger partial charge on any atom is 0.240 e. The van der Waals surface area contributed by atoms with E-state index in [1.807, 2.05) is 0 Å². The molecule has 1 aromatic carbocycles. The Morgan fingerprint density at radius 1 is 1.25 bits per heavy atom. The van der Waals surface area contributed by atoms with E-state index in [1.54, 1.807) is 24.3 Å². The molecule has 2 unspecified atom stereocenters. The Morgan fingerprint density at radius 2 is 1.95 bits per heavy atom. The largest absolute Gasteiger partial charge is 0.240 e.